The summed E-state index contributed by atoms with van der Waals surface area (Å²) in [5.74, 6) is -0.712. The van der Waals surface area contributed by atoms with Crippen LogP contribution in [0, 0.1) is 0 Å². The van der Waals surface area contributed by atoms with E-state index in [2.05, 4.69) is 5.32 Å². The lowest BCUT2D eigenvalue weighted by molar-refractivity contribution is -0.122. The van der Waals surface area contributed by atoms with E-state index in [0.29, 0.717) is 6.42 Å². The summed E-state index contributed by atoms with van der Waals surface area (Å²) in [6.07, 6.45) is 0.710. The molecule has 1 aliphatic carbocycles. The van der Waals surface area contributed by atoms with Crippen molar-refractivity contribution in [1.29, 1.82) is 0 Å². The molecule has 2 fully saturated rings. The van der Waals surface area contributed by atoms with Gasteiger partial charge < -0.3 is 15.2 Å². The minimum atomic E-state index is -1.99. The van der Waals surface area contributed by atoms with Crippen LogP contribution in [0.4, 0.5) is 0 Å². The number of aliphatic hydroxyl groups is 1. The van der Waals surface area contributed by atoms with E-state index in [-0.39, 0.29) is 12.2 Å². The molecule has 1 aliphatic heterocycles. The molecule has 7 heteroatoms. The number of rotatable bonds is 1. The summed E-state index contributed by atoms with van der Waals surface area (Å²) in [5, 5.41) is 12.2. The number of aliphatic hydroxyl groups excluding tert-OH is 1. The Morgan fingerprint density at radius 1 is 1.40 bits per heavy atom. The minimum absolute atomic E-state index is 0.140. The molecule has 1 saturated heterocycles. The molecule has 1 heterocycles. The van der Waals surface area contributed by atoms with E-state index >= 15 is 0 Å². The van der Waals surface area contributed by atoms with Crippen LogP contribution in [0.3, 0.4) is 0 Å². The average Bonchev–Trinajstić information content (AvgIpc) is 2.87. The van der Waals surface area contributed by atoms with E-state index in [1.54, 1.807) is 0 Å². The number of fused-ring (bicyclic) bond motifs is 1. The molecule has 0 aromatic rings. The van der Waals surface area contributed by atoms with Crippen molar-refractivity contribution in [1.82, 2.24) is 5.32 Å². The lowest BCUT2D eigenvalue weighted by Crippen LogP contribution is -2.51. The zero-order valence-corrected chi connectivity index (χ0v) is 9.89. The number of epoxide rings is 1. The summed E-state index contributed by atoms with van der Waals surface area (Å²) in [6.45, 7) is 0. The highest BCUT2D eigenvalue weighted by molar-refractivity contribution is 6.76. The van der Waals surface area contributed by atoms with Gasteiger partial charge in [-0.1, -0.05) is 34.8 Å². The van der Waals surface area contributed by atoms with Gasteiger partial charge in [0.2, 0.25) is 0 Å². The van der Waals surface area contributed by atoms with Crippen molar-refractivity contribution in [2.75, 3.05) is 0 Å². The Morgan fingerprint density at radius 3 is 2.67 bits per heavy atom. The molecule has 86 valence electrons. The fourth-order valence-corrected chi connectivity index (χ4v) is 2.00. The fourth-order valence-electron chi connectivity index (χ4n) is 1.84. The van der Waals surface area contributed by atoms with Gasteiger partial charge in [0.25, 0.3) is 9.70 Å². The van der Waals surface area contributed by atoms with Gasteiger partial charge in [0.15, 0.2) is 0 Å². The largest absolute Gasteiger partial charge is 0.388 e. The molecule has 15 heavy (non-hydrogen) atoms. The average molecular weight is 275 g/mol. The summed E-state index contributed by atoms with van der Waals surface area (Å²) in [7, 11) is 0. The summed E-state index contributed by atoms with van der Waals surface area (Å²) in [6, 6.07) is -0.392. The van der Waals surface area contributed by atoms with Gasteiger partial charge in [0.05, 0.1) is 12.1 Å². The van der Waals surface area contributed by atoms with E-state index in [0.717, 1.165) is 6.42 Å². The summed E-state index contributed by atoms with van der Waals surface area (Å²) < 4.78 is 3.20. The van der Waals surface area contributed by atoms with Crippen LogP contribution in [0.25, 0.3) is 0 Å². The van der Waals surface area contributed by atoms with Gasteiger partial charge >= 0.3 is 0 Å². The molecule has 2 rings (SSSR count). The Balaban J connectivity index is 1.91. The number of nitrogens with one attached hydrogen (secondary N) is 1. The lowest BCUT2D eigenvalue weighted by atomic mass is 9.92. The lowest BCUT2D eigenvalue weighted by Gasteiger charge is -2.27. The van der Waals surface area contributed by atoms with Crippen molar-refractivity contribution in [2.24, 2.45) is 0 Å². The molecule has 0 radical (unpaired) electrons. The molecular formula is C8H10Cl3NO3. The predicted molar refractivity (Wildman–Crippen MR) is 56.1 cm³/mol. The van der Waals surface area contributed by atoms with E-state index in [9.17, 15) is 9.90 Å². The molecule has 2 N–H and O–H groups in total. The van der Waals surface area contributed by atoms with Crippen LogP contribution in [0.2, 0.25) is 0 Å². The van der Waals surface area contributed by atoms with Gasteiger partial charge in [-0.3, -0.25) is 4.79 Å². The number of halogens is 3. The second kappa shape index (κ2) is 3.93. The van der Waals surface area contributed by atoms with Gasteiger partial charge in [0, 0.05) is 0 Å². The van der Waals surface area contributed by atoms with E-state index in [1.165, 1.54) is 0 Å². The van der Waals surface area contributed by atoms with Gasteiger partial charge in [-0.05, 0) is 12.8 Å². The molecule has 4 atom stereocenters. The highest BCUT2D eigenvalue weighted by atomic mass is 35.6. The first-order valence-electron chi connectivity index (χ1n) is 4.61. The number of carbonyl (C=O) groups excluding carboxylic acids is 1. The number of alkyl halides is 3. The Labute approximate surface area is 102 Å². The minimum Gasteiger partial charge on any atom is -0.388 e. The first-order chi connectivity index (χ1) is 6.89. The molecule has 1 amide bonds. The van der Waals surface area contributed by atoms with Crippen molar-refractivity contribution in [3.05, 3.63) is 0 Å². The molecule has 0 aromatic carbocycles. The highest BCUT2D eigenvalue weighted by Gasteiger charge is 2.51. The number of hydrogen-bond acceptors (Lipinski definition) is 3. The van der Waals surface area contributed by atoms with Crippen LogP contribution in [0.1, 0.15) is 12.8 Å². The predicted octanol–water partition coefficient (Wildman–Crippen LogP) is 0.763. The molecule has 1 saturated carbocycles. The van der Waals surface area contributed by atoms with Crippen LogP contribution in [-0.4, -0.2) is 39.2 Å². The third-order valence-corrected chi connectivity index (χ3v) is 3.22. The third-order valence-electron chi connectivity index (χ3n) is 2.71. The van der Waals surface area contributed by atoms with E-state index < -0.39 is 21.8 Å². The molecular weight excluding hydrogens is 264 g/mol. The normalized spacial score (nSPS) is 39.5. The second-order valence-corrected chi connectivity index (χ2v) is 6.07. The topological polar surface area (TPSA) is 61.9 Å². The van der Waals surface area contributed by atoms with E-state index in [4.69, 9.17) is 39.5 Å². The molecule has 0 bridgehead atoms. The highest BCUT2D eigenvalue weighted by Crippen LogP contribution is 2.37. The quantitative estimate of drug-likeness (QED) is 0.548. The monoisotopic (exact) mass is 273 g/mol. The molecule has 4 nitrogen and oxygen atoms in total. The van der Waals surface area contributed by atoms with Crippen LogP contribution < -0.4 is 5.32 Å². The Morgan fingerprint density at radius 2 is 2.07 bits per heavy atom. The Bertz CT molecular complexity index is 281. The van der Waals surface area contributed by atoms with Crippen molar-refractivity contribution in [3.8, 4) is 0 Å². The first kappa shape index (κ1) is 11.7. The SMILES string of the molecule is O=C(N[C@H]1CC[C@H]2O[C@H]2[C@H]1O)C(Cl)(Cl)Cl. The zero-order valence-electron chi connectivity index (χ0n) is 7.62. The number of ether oxygens (including phenoxy) is 1. The maximum Gasteiger partial charge on any atom is 0.272 e. The maximum atomic E-state index is 11.3. The van der Waals surface area contributed by atoms with Gasteiger partial charge in [-0.25, -0.2) is 0 Å². The summed E-state index contributed by atoms with van der Waals surface area (Å²) >= 11 is 16.2. The molecule has 0 unspecified atom stereocenters. The van der Waals surface area contributed by atoms with Crippen LogP contribution in [0.15, 0.2) is 0 Å². The van der Waals surface area contributed by atoms with Crippen molar-refractivity contribution in [2.45, 2.75) is 41.0 Å². The van der Waals surface area contributed by atoms with Gasteiger partial charge in [-0.15, -0.1) is 0 Å². The zero-order chi connectivity index (χ0) is 11.2. The smallest absolute Gasteiger partial charge is 0.272 e. The molecule has 0 spiro atoms. The second-order valence-electron chi connectivity index (χ2n) is 3.78. The van der Waals surface area contributed by atoms with Crippen molar-refractivity contribution in [3.63, 3.8) is 0 Å². The number of hydrogen-bond donors (Lipinski definition) is 2. The number of carbonyl (C=O) groups is 1. The van der Waals surface area contributed by atoms with Gasteiger partial charge in [-0.2, -0.15) is 0 Å². The standard InChI is InChI=1S/C8H10Cl3NO3/c9-8(10,11)7(14)12-3-1-2-4-6(15-4)5(3)13/h3-6,13H,1-2H2,(H,12,14)/t3-,4+,5-,6+/m0/s1. The van der Waals surface area contributed by atoms with Gasteiger partial charge in [0.1, 0.15) is 12.2 Å². The third kappa shape index (κ3) is 2.50. The van der Waals surface area contributed by atoms with Crippen LogP contribution in [0.5, 0.6) is 0 Å². The first-order valence-corrected chi connectivity index (χ1v) is 5.74. The number of amides is 1. The summed E-state index contributed by atoms with van der Waals surface area (Å²) in [4.78, 5) is 11.3. The summed E-state index contributed by atoms with van der Waals surface area (Å²) in [5.41, 5.74) is 0. The Hall–Kier alpha value is 0.260. The maximum absolute atomic E-state index is 11.3. The fraction of sp³-hybridized carbons (Fsp3) is 0.875. The molecule has 0 aromatic heterocycles. The van der Waals surface area contributed by atoms with Crippen molar-refractivity contribution >= 4 is 40.7 Å². The molecule has 2 aliphatic rings. The van der Waals surface area contributed by atoms with E-state index in [1.807, 2.05) is 0 Å². The van der Waals surface area contributed by atoms with Crippen LogP contribution >= 0.6 is 34.8 Å². The van der Waals surface area contributed by atoms with Crippen molar-refractivity contribution < 1.29 is 14.6 Å². The Kier molecular flexibility index (Phi) is 3.07. The van der Waals surface area contributed by atoms with Crippen LogP contribution in [-0.2, 0) is 9.53 Å².